The second-order valence-corrected chi connectivity index (χ2v) is 5.39. The SMILES string of the molecule is CNC(CCc1cnn(C)c1)c1cccc(N(C)C)c1. The summed E-state index contributed by atoms with van der Waals surface area (Å²) < 4.78 is 1.86. The monoisotopic (exact) mass is 272 g/mol. The summed E-state index contributed by atoms with van der Waals surface area (Å²) in [5.74, 6) is 0. The minimum Gasteiger partial charge on any atom is -0.378 e. The van der Waals surface area contributed by atoms with E-state index in [1.807, 2.05) is 25.0 Å². The summed E-state index contributed by atoms with van der Waals surface area (Å²) in [6.07, 6.45) is 6.14. The Hall–Kier alpha value is -1.81. The Balaban J connectivity index is 2.05. The molecule has 20 heavy (non-hydrogen) atoms. The van der Waals surface area contributed by atoms with Crippen LogP contribution in [0.2, 0.25) is 0 Å². The lowest BCUT2D eigenvalue weighted by atomic mass is 10.00. The van der Waals surface area contributed by atoms with Crippen LogP contribution in [0, 0.1) is 0 Å². The molecule has 4 heteroatoms. The van der Waals surface area contributed by atoms with Gasteiger partial charge >= 0.3 is 0 Å². The molecule has 2 aromatic rings. The van der Waals surface area contributed by atoms with Crippen LogP contribution in [0.3, 0.4) is 0 Å². The first-order valence-electron chi connectivity index (χ1n) is 7.02. The van der Waals surface area contributed by atoms with Crippen LogP contribution >= 0.6 is 0 Å². The van der Waals surface area contributed by atoms with Gasteiger partial charge in [-0.25, -0.2) is 0 Å². The number of nitrogens with one attached hydrogen (secondary N) is 1. The first kappa shape index (κ1) is 14.6. The highest BCUT2D eigenvalue weighted by Gasteiger charge is 2.11. The molecule has 0 radical (unpaired) electrons. The van der Waals surface area contributed by atoms with Crippen molar-refractivity contribution in [2.24, 2.45) is 7.05 Å². The molecular formula is C16H24N4. The second-order valence-electron chi connectivity index (χ2n) is 5.39. The Morgan fingerprint density at radius 2 is 2.15 bits per heavy atom. The van der Waals surface area contributed by atoms with Crippen LogP contribution in [0.15, 0.2) is 36.7 Å². The summed E-state index contributed by atoms with van der Waals surface area (Å²) >= 11 is 0. The number of aryl methyl sites for hydroxylation is 2. The summed E-state index contributed by atoms with van der Waals surface area (Å²) in [7, 11) is 8.13. The fourth-order valence-corrected chi connectivity index (χ4v) is 2.41. The van der Waals surface area contributed by atoms with Crippen molar-refractivity contribution in [2.75, 3.05) is 26.0 Å². The molecule has 1 atom stereocenters. The molecule has 1 N–H and O–H groups in total. The normalized spacial score (nSPS) is 12.4. The molecule has 108 valence electrons. The lowest BCUT2D eigenvalue weighted by molar-refractivity contribution is 0.549. The molecule has 0 aliphatic rings. The van der Waals surface area contributed by atoms with Gasteiger partial charge in [-0.1, -0.05) is 12.1 Å². The minimum atomic E-state index is 0.370. The molecule has 0 saturated heterocycles. The van der Waals surface area contributed by atoms with Crippen molar-refractivity contribution in [3.8, 4) is 0 Å². The molecule has 0 amide bonds. The quantitative estimate of drug-likeness (QED) is 0.876. The summed E-state index contributed by atoms with van der Waals surface area (Å²) in [5, 5.41) is 7.64. The third kappa shape index (κ3) is 3.61. The van der Waals surface area contributed by atoms with Crippen molar-refractivity contribution < 1.29 is 0 Å². The van der Waals surface area contributed by atoms with Crippen molar-refractivity contribution in [1.29, 1.82) is 0 Å². The highest BCUT2D eigenvalue weighted by molar-refractivity contribution is 5.47. The Kier molecular flexibility index (Phi) is 4.79. The maximum Gasteiger partial charge on any atom is 0.0521 e. The van der Waals surface area contributed by atoms with Gasteiger partial charge in [-0.2, -0.15) is 5.10 Å². The van der Waals surface area contributed by atoms with Gasteiger partial charge in [0.1, 0.15) is 0 Å². The molecule has 4 nitrogen and oxygen atoms in total. The first-order valence-corrected chi connectivity index (χ1v) is 7.02. The lowest BCUT2D eigenvalue weighted by Gasteiger charge is -2.19. The second kappa shape index (κ2) is 6.57. The molecule has 0 fully saturated rings. The van der Waals surface area contributed by atoms with Crippen LogP contribution in [-0.2, 0) is 13.5 Å². The molecular weight excluding hydrogens is 248 g/mol. The summed E-state index contributed by atoms with van der Waals surface area (Å²) in [5.41, 5.74) is 3.86. The van der Waals surface area contributed by atoms with Crippen LogP contribution < -0.4 is 10.2 Å². The number of nitrogens with zero attached hydrogens (tertiary/aromatic N) is 3. The van der Waals surface area contributed by atoms with E-state index in [9.17, 15) is 0 Å². The average molecular weight is 272 g/mol. The highest BCUT2D eigenvalue weighted by Crippen LogP contribution is 2.22. The van der Waals surface area contributed by atoms with E-state index in [4.69, 9.17) is 0 Å². The van der Waals surface area contributed by atoms with E-state index < -0.39 is 0 Å². The molecule has 0 spiro atoms. The van der Waals surface area contributed by atoms with Crippen LogP contribution in [0.4, 0.5) is 5.69 Å². The van der Waals surface area contributed by atoms with Crippen molar-refractivity contribution >= 4 is 5.69 Å². The maximum absolute atomic E-state index is 4.22. The summed E-state index contributed by atoms with van der Waals surface area (Å²) in [4.78, 5) is 2.14. The Labute approximate surface area is 121 Å². The number of aromatic nitrogens is 2. The molecule has 1 aromatic carbocycles. The van der Waals surface area contributed by atoms with Crippen molar-refractivity contribution in [2.45, 2.75) is 18.9 Å². The standard InChI is InChI=1S/C16H24N4/c1-17-16(9-8-13-11-18-20(4)12-13)14-6-5-7-15(10-14)19(2)3/h5-7,10-12,16-17H,8-9H2,1-4H3. The zero-order valence-electron chi connectivity index (χ0n) is 12.8. The lowest BCUT2D eigenvalue weighted by Crippen LogP contribution is -2.18. The van der Waals surface area contributed by atoms with Gasteiger partial charge in [0.05, 0.1) is 6.20 Å². The Bertz CT molecular complexity index is 545. The van der Waals surface area contributed by atoms with Gasteiger partial charge in [-0.15, -0.1) is 0 Å². The van der Waals surface area contributed by atoms with E-state index in [2.05, 4.69) is 59.9 Å². The van der Waals surface area contributed by atoms with Crippen LogP contribution in [0.25, 0.3) is 0 Å². The fourth-order valence-electron chi connectivity index (χ4n) is 2.41. The largest absolute Gasteiger partial charge is 0.378 e. The Morgan fingerprint density at radius 3 is 2.75 bits per heavy atom. The van der Waals surface area contributed by atoms with Gasteiger partial charge in [-0.05, 0) is 43.1 Å². The van der Waals surface area contributed by atoms with E-state index in [0.717, 1.165) is 12.8 Å². The van der Waals surface area contributed by atoms with Gasteiger partial charge in [0.25, 0.3) is 0 Å². The number of hydrogen-bond donors (Lipinski definition) is 1. The van der Waals surface area contributed by atoms with Crippen LogP contribution in [0.1, 0.15) is 23.6 Å². The zero-order valence-corrected chi connectivity index (χ0v) is 12.8. The molecule has 1 heterocycles. The number of anilines is 1. The smallest absolute Gasteiger partial charge is 0.0521 e. The summed E-state index contributed by atoms with van der Waals surface area (Å²) in [6.45, 7) is 0. The van der Waals surface area contributed by atoms with Crippen LogP contribution in [0.5, 0.6) is 0 Å². The van der Waals surface area contributed by atoms with Gasteiger partial charge < -0.3 is 10.2 Å². The molecule has 0 bridgehead atoms. The van der Waals surface area contributed by atoms with Gasteiger partial charge in [-0.3, -0.25) is 4.68 Å². The maximum atomic E-state index is 4.22. The number of rotatable bonds is 6. The van der Waals surface area contributed by atoms with Crippen LogP contribution in [-0.4, -0.2) is 30.9 Å². The first-order chi connectivity index (χ1) is 9.60. The topological polar surface area (TPSA) is 33.1 Å². The van der Waals surface area contributed by atoms with Gasteiger partial charge in [0.15, 0.2) is 0 Å². The predicted octanol–water partition coefficient (Wildman–Crippen LogP) is 2.38. The van der Waals surface area contributed by atoms with E-state index in [1.165, 1.54) is 16.8 Å². The molecule has 1 aromatic heterocycles. The Morgan fingerprint density at radius 1 is 1.35 bits per heavy atom. The number of hydrogen-bond acceptors (Lipinski definition) is 3. The van der Waals surface area contributed by atoms with Crippen molar-refractivity contribution in [1.82, 2.24) is 15.1 Å². The number of benzene rings is 1. The van der Waals surface area contributed by atoms with E-state index in [-0.39, 0.29) is 0 Å². The molecule has 0 aliphatic heterocycles. The fraction of sp³-hybridized carbons (Fsp3) is 0.438. The van der Waals surface area contributed by atoms with Crippen molar-refractivity contribution in [3.63, 3.8) is 0 Å². The van der Waals surface area contributed by atoms with Gasteiger partial charge in [0.2, 0.25) is 0 Å². The third-order valence-electron chi connectivity index (χ3n) is 3.62. The molecule has 1 unspecified atom stereocenters. The van der Waals surface area contributed by atoms with Crippen molar-refractivity contribution in [3.05, 3.63) is 47.8 Å². The predicted molar refractivity (Wildman–Crippen MR) is 84.1 cm³/mol. The third-order valence-corrected chi connectivity index (χ3v) is 3.62. The van der Waals surface area contributed by atoms with E-state index in [1.54, 1.807) is 0 Å². The highest BCUT2D eigenvalue weighted by atomic mass is 15.2. The molecule has 2 rings (SSSR count). The average Bonchev–Trinajstić information content (AvgIpc) is 2.85. The molecule has 0 saturated carbocycles. The summed E-state index contributed by atoms with van der Waals surface area (Å²) in [6, 6.07) is 9.08. The zero-order chi connectivity index (χ0) is 14.5. The molecule has 0 aliphatic carbocycles. The van der Waals surface area contributed by atoms with E-state index in [0.29, 0.717) is 6.04 Å². The minimum absolute atomic E-state index is 0.370. The van der Waals surface area contributed by atoms with Gasteiger partial charge in [0, 0.05) is 39.1 Å². The van der Waals surface area contributed by atoms with E-state index >= 15 is 0 Å².